The van der Waals surface area contributed by atoms with Crippen molar-refractivity contribution in [3.8, 4) is 0 Å². The summed E-state index contributed by atoms with van der Waals surface area (Å²) in [4.78, 5) is 14.7. The zero-order valence-electron chi connectivity index (χ0n) is 12.3. The Labute approximate surface area is 117 Å². The molecule has 19 heavy (non-hydrogen) atoms. The maximum atomic E-state index is 12.6. The minimum atomic E-state index is 0.0844. The Morgan fingerprint density at radius 1 is 1.00 bits per heavy atom. The highest BCUT2D eigenvalue weighted by Gasteiger charge is 2.27. The fourth-order valence-corrected chi connectivity index (χ4v) is 3.67. The van der Waals surface area contributed by atoms with Crippen molar-refractivity contribution in [2.45, 2.75) is 64.2 Å². The first-order valence-electron chi connectivity index (χ1n) is 8.30. The molecule has 2 N–H and O–H groups in total. The van der Waals surface area contributed by atoms with Gasteiger partial charge in [0.05, 0.1) is 5.92 Å². The molecule has 2 fully saturated rings. The third-order valence-corrected chi connectivity index (χ3v) is 4.89. The number of amides is 1. The van der Waals surface area contributed by atoms with Crippen LogP contribution in [0.2, 0.25) is 0 Å². The highest BCUT2D eigenvalue weighted by molar-refractivity contribution is 5.79. The molecule has 110 valence electrons. The second-order valence-electron chi connectivity index (χ2n) is 6.41. The van der Waals surface area contributed by atoms with Crippen molar-refractivity contribution in [1.29, 1.82) is 0 Å². The topological polar surface area (TPSA) is 46.3 Å². The van der Waals surface area contributed by atoms with E-state index in [4.69, 9.17) is 5.73 Å². The van der Waals surface area contributed by atoms with E-state index < -0.39 is 0 Å². The Kier molecular flexibility index (Phi) is 6.15. The Balaban J connectivity index is 1.85. The molecule has 3 nitrogen and oxygen atoms in total. The molecule has 1 aliphatic carbocycles. The van der Waals surface area contributed by atoms with Gasteiger partial charge in [-0.25, -0.2) is 0 Å². The number of rotatable bonds is 4. The lowest BCUT2D eigenvalue weighted by Gasteiger charge is -2.29. The van der Waals surface area contributed by atoms with Gasteiger partial charge in [0.25, 0.3) is 0 Å². The van der Waals surface area contributed by atoms with E-state index in [1.54, 1.807) is 0 Å². The van der Waals surface area contributed by atoms with Gasteiger partial charge in [-0.05, 0) is 25.2 Å². The van der Waals surface area contributed by atoms with Crippen LogP contribution in [0.5, 0.6) is 0 Å². The zero-order chi connectivity index (χ0) is 13.5. The monoisotopic (exact) mass is 266 g/mol. The summed E-state index contributed by atoms with van der Waals surface area (Å²) in [5, 5.41) is 0. The third kappa shape index (κ3) is 4.48. The predicted molar refractivity (Wildman–Crippen MR) is 78.8 cm³/mol. The number of nitrogens with zero attached hydrogens (tertiary/aromatic N) is 1. The summed E-state index contributed by atoms with van der Waals surface area (Å²) in [7, 11) is 0. The van der Waals surface area contributed by atoms with Gasteiger partial charge < -0.3 is 10.6 Å². The minimum Gasteiger partial charge on any atom is -0.342 e. The molecule has 1 atom stereocenters. The average molecular weight is 266 g/mol. The van der Waals surface area contributed by atoms with Gasteiger partial charge in [-0.1, -0.05) is 44.9 Å². The van der Waals surface area contributed by atoms with E-state index >= 15 is 0 Å². The second kappa shape index (κ2) is 7.88. The van der Waals surface area contributed by atoms with E-state index in [0.29, 0.717) is 12.5 Å². The van der Waals surface area contributed by atoms with Gasteiger partial charge in [-0.2, -0.15) is 0 Å². The number of nitrogens with two attached hydrogens (primary N) is 1. The summed E-state index contributed by atoms with van der Waals surface area (Å²) in [6.45, 7) is 2.45. The molecule has 1 saturated heterocycles. The molecule has 1 amide bonds. The smallest absolute Gasteiger partial charge is 0.226 e. The maximum Gasteiger partial charge on any atom is 0.226 e. The zero-order valence-corrected chi connectivity index (χ0v) is 12.3. The summed E-state index contributed by atoms with van der Waals surface area (Å²) >= 11 is 0. The van der Waals surface area contributed by atoms with Gasteiger partial charge in [0.2, 0.25) is 5.91 Å². The maximum absolute atomic E-state index is 12.6. The minimum absolute atomic E-state index is 0.0844. The lowest BCUT2D eigenvalue weighted by molar-refractivity contribution is -0.135. The molecule has 0 aromatic carbocycles. The van der Waals surface area contributed by atoms with Gasteiger partial charge in [0, 0.05) is 19.6 Å². The van der Waals surface area contributed by atoms with Crippen LogP contribution in [0.25, 0.3) is 0 Å². The Bertz CT molecular complexity index is 266. The fourth-order valence-electron chi connectivity index (χ4n) is 3.67. The van der Waals surface area contributed by atoms with E-state index in [1.807, 2.05) is 0 Å². The molecule has 1 saturated carbocycles. The molecule has 1 unspecified atom stereocenters. The van der Waals surface area contributed by atoms with Gasteiger partial charge in [-0.3, -0.25) is 4.79 Å². The molecule has 0 spiro atoms. The second-order valence-corrected chi connectivity index (χ2v) is 6.41. The van der Waals surface area contributed by atoms with Crippen LogP contribution in [0.1, 0.15) is 64.2 Å². The van der Waals surface area contributed by atoms with E-state index in [9.17, 15) is 4.79 Å². The molecule has 1 aliphatic heterocycles. The SMILES string of the molecule is NCC(CC1CCCCC1)C(=O)N1CCCCCC1. The first kappa shape index (κ1) is 14.8. The fraction of sp³-hybridized carbons (Fsp3) is 0.938. The predicted octanol–water partition coefficient (Wildman–Crippen LogP) is 2.93. The summed E-state index contributed by atoms with van der Waals surface area (Å²) in [5.74, 6) is 1.18. The first-order chi connectivity index (χ1) is 9.31. The van der Waals surface area contributed by atoms with Gasteiger partial charge >= 0.3 is 0 Å². The molecule has 1 heterocycles. The summed E-state index contributed by atoms with van der Waals surface area (Å²) in [5.41, 5.74) is 5.89. The van der Waals surface area contributed by atoms with E-state index in [2.05, 4.69) is 4.90 Å². The highest BCUT2D eigenvalue weighted by Crippen LogP contribution is 2.29. The van der Waals surface area contributed by atoms with E-state index in [0.717, 1.165) is 25.4 Å². The summed E-state index contributed by atoms with van der Waals surface area (Å²) < 4.78 is 0. The van der Waals surface area contributed by atoms with Crippen LogP contribution in [-0.2, 0) is 4.79 Å². The molecule has 0 bridgehead atoms. The summed E-state index contributed by atoms with van der Waals surface area (Å²) in [6.07, 6.45) is 12.6. The van der Waals surface area contributed by atoms with Crippen molar-refractivity contribution in [3.63, 3.8) is 0 Å². The molecule has 0 aromatic heterocycles. The lowest BCUT2D eigenvalue weighted by atomic mass is 9.82. The molecular formula is C16H30N2O. The standard InChI is InChI=1S/C16H30N2O/c17-13-15(12-14-8-4-3-5-9-14)16(19)18-10-6-1-2-7-11-18/h14-15H,1-13,17H2. The van der Waals surface area contributed by atoms with Crippen molar-refractivity contribution in [3.05, 3.63) is 0 Å². The Morgan fingerprint density at radius 2 is 1.58 bits per heavy atom. The van der Waals surface area contributed by atoms with Crippen molar-refractivity contribution in [2.24, 2.45) is 17.6 Å². The van der Waals surface area contributed by atoms with Crippen LogP contribution >= 0.6 is 0 Å². The molecule has 3 heteroatoms. The summed E-state index contributed by atoms with van der Waals surface area (Å²) in [6, 6.07) is 0. The molecule has 0 aromatic rings. The number of hydrogen-bond donors (Lipinski definition) is 1. The first-order valence-corrected chi connectivity index (χ1v) is 8.30. The van der Waals surface area contributed by atoms with Gasteiger partial charge in [0.15, 0.2) is 0 Å². The van der Waals surface area contributed by atoms with E-state index in [-0.39, 0.29) is 5.92 Å². The van der Waals surface area contributed by atoms with Gasteiger partial charge in [0.1, 0.15) is 0 Å². The molecular weight excluding hydrogens is 236 g/mol. The highest BCUT2D eigenvalue weighted by atomic mass is 16.2. The third-order valence-electron chi connectivity index (χ3n) is 4.89. The Hall–Kier alpha value is -0.570. The molecule has 0 radical (unpaired) electrons. The van der Waals surface area contributed by atoms with Crippen molar-refractivity contribution in [2.75, 3.05) is 19.6 Å². The van der Waals surface area contributed by atoms with Crippen molar-refractivity contribution in [1.82, 2.24) is 4.90 Å². The lowest BCUT2D eigenvalue weighted by Crippen LogP contribution is -2.40. The normalized spacial score (nSPS) is 23.9. The Morgan fingerprint density at radius 3 is 2.16 bits per heavy atom. The van der Waals surface area contributed by atoms with Crippen LogP contribution in [0, 0.1) is 11.8 Å². The van der Waals surface area contributed by atoms with Crippen LogP contribution in [0.4, 0.5) is 0 Å². The van der Waals surface area contributed by atoms with Crippen molar-refractivity contribution < 1.29 is 4.79 Å². The van der Waals surface area contributed by atoms with Gasteiger partial charge in [-0.15, -0.1) is 0 Å². The van der Waals surface area contributed by atoms with Crippen LogP contribution in [0.3, 0.4) is 0 Å². The van der Waals surface area contributed by atoms with E-state index in [1.165, 1.54) is 57.8 Å². The molecule has 2 rings (SSSR count). The number of carbonyl (C=O) groups excluding carboxylic acids is 1. The average Bonchev–Trinajstić information content (AvgIpc) is 2.74. The number of likely N-dealkylation sites (tertiary alicyclic amines) is 1. The largest absolute Gasteiger partial charge is 0.342 e. The van der Waals surface area contributed by atoms with Crippen molar-refractivity contribution >= 4 is 5.91 Å². The van der Waals surface area contributed by atoms with Crippen LogP contribution in [0.15, 0.2) is 0 Å². The molecule has 2 aliphatic rings. The van der Waals surface area contributed by atoms with Crippen LogP contribution < -0.4 is 5.73 Å². The number of carbonyl (C=O) groups is 1. The van der Waals surface area contributed by atoms with Crippen LogP contribution in [-0.4, -0.2) is 30.4 Å². The number of hydrogen-bond acceptors (Lipinski definition) is 2. The quantitative estimate of drug-likeness (QED) is 0.850.